The molecule has 0 saturated carbocycles. The van der Waals surface area contributed by atoms with Crippen LogP contribution in [0.3, 0.4) is 0 Å². The van der Waals surface area contributed by atoms with Gasteiger partial charge in [-0.05, 0) is 25.8 Å². The van der Waals surface area contributed by atoms with Crippen molar-refractivity contribution in [2.45, 2.75) is 70.8 Å². The number of hydrogen-bond acceptors (Lipinski definition) is 2. The Kier molecular flexibility index (Phi) is 11.2. The van der Waals surface area contributed by atoms with E-state index in [1.165, 1.54) is 77.4 Å². The van der Waals surface area contributed by atoms with Crippen molar-refractivity contribution >= 4 is 15.9 Å². The van der Waals surface area contributed by atoms with Gasteiger partial charge in [0.05, 0.1) is 12.7 Å². The van der Waals surface area contributed by atoms with Gasteiger partial charge in [0.1, 0.15) is 0 Å². The van der Waals surface area contributed by atoms with Crippen LogP contribution in [0.1, 0.15) is 64.7 Å². The summed E-state index contributed by atoms with van der Waals surface area (Å²) in [5.41, 5.74) is 0. The average Bonchev–Trinajstić information content (AvgIpc) is 2.45. The summed E-state index contributed by atoms with van der Waals surface area (Å²) in [7, 11) is 0. The first kappa shape index (κ1) is 17.5. The van der Waals surface area contributed by atoms with Crippen LogP contribution in [-0.2, 0) is 4.74 Å². The fourth-order valence-corrected chi connectivity index (χ4v) is 2.99. The van der Waals surface area contributed by atoms with E-state index in [0.717, 1.165) is 11.9 Å². The zero-order valence-electron chi connectivity index (χ0n) is 12.7. The van der Waals surface area contributed by atoms with Crippen LogP contribution in [0.2, 0.25) is 0 Å². The van der Waals surface area contributed by atoms with Crippen LogP contribution >= 0.6 is 15.9 Å². The van der Waals surface area contributed by atoms with E-state index in [-0.39, 0.29) is 0 Å². The summed E-state index contributed by atoms with van der Waals surface area (Å²) in [4.78, 5) is 2.63. The van der Waals surface area contributed by atoms with Gasteiger partial charge in [-0.15, -0.1) is 0 Å². The molecule has 0 aliphatic carbocycles. The predicted molar refractivity (Wildman–Crippen MR) is 87.2 cm³/mol. The van der Waals surface area contributed by atoms with Crippen molar-refractivity contribution in [2.75, 3.05) is 31.6 Å². The third kappa shape index (κ3) is 9.04. The number of nitrogens with zero attached hydrogens (tertiary/aromatic N) is 1. The highest BCUT2D eigenvalue weighted by Crippen LogP contribution is 2.15. The molecule has 1 fully saturated rings. The van der Waals surface area contributed by atoms with Crippen molar-refractivity contribution in [3.8, 4) is 0 Å². The van der Waals surface area contributed by atoms with Crippen molar-refractivity contribution in [1.82, 2.24) is 4.90 Å². The highest BCUT2D eigenvalue weighted by Gasteiger charge is 2.18. The molecule has 1 rings (SSSR count). The number of halogens is 1. The lowest BCUT2D eigenvalue weighted by Gasteiger charge is -2.31. The Morgan fingerprint density at radius 2 is 1.63 bits per heavy atom. The van der Waals surface area contributed by atoms with Crippen molar-refractivity contribution in [1.29, 1.82) is 0 Å². The van der Waals surface area contributed by atoms with Gasteiger partial charge in [-0.1, -0.05) is 61.4 Å². The van der Waals surface area contributed by atoms with Crippen molar-refractivity contribution in [3.05, 3.63) is 0 Å². The Bertz CT molecular complexity index is 193. The largest absolute Gasteiger partial charge is 0.377 e. The second kappa shape index (κ2) is 12.2. The Balaban J connectivity index is 1.89. The minimum atomic E-state index is 0.517. The number of unbranched alkanes of at least 4 members (excludes halogenated alkanes) is 6. The average molecular weight is 334 g/mol. The number of hydrogen-bond donors (Lipinski definition) is 0. The first-order valence-electron chi connectivity index (χ1n) is 8.26. The van der Waals surface area contributed by atoms with Crippen molar-refractivity contribution in [2.24, 2.45) is 0 Å². The number of likely N-dealkylation sites (tertiary alicyclic amines) is 1. The summed E-state index contributed by atoms with van der Waals surface area (Å²) in [6, 6.07) is 0. The Hall–Kier alpha value is 0.400. The van der Waals surface area contributed by atoms with Gasteiger partial charge >= 0.3 is 0 Å². The highest BCUT2D eigenvalue weighted by atomic mass is 79.9. The first-order valence-corrected chi connectivity index (χ1v) is 9.39. The van der Waals surface area contributed by atoms with Gasteiger partial charge in [-0.2, -0.15) is 0 Å². The molecule has 114 valence electrons. The van der Waals surface area contributed by atoms with Crippen LogP contribution in [0.25, 0.3) is 0 Å². The summed E-state index contributed by atoms with van der Waals surface area (Å²) in [6.45, 7) is 6.93. The lowest BCUT2D eigenvalue weighted by Crippen LogP contribution is -2.37. The molecule has 0 atom stereocenters. The minimum Gasteiger partial charge on any atom is -0.377 e. The zero-order chi connectivity index (χ0) is 13.8. The van der Waals surface area contributed by atoms with E-state index in [0.29, 0.717) is 6.10 Å². The molecule has 1 saturated heterocycles. The van der Waals surface area contributed by atoms with Crippen molar-refractivity contribution < 1.29 is 4.74 Å². The van der Waals surface area contributed by atoms with E-state index in [9.17, 15) is 0 Å². The molecular weight excluding hydrogens is 302 g/mol. The molecule has 0 radical (unpaired) electrons. The predicted octanol–water partition coefficient (Wildman–Crippen LogP) is 4.61. The molecule has 0 aromatic heterocycles. The fraction of sp³-hybridized carbons (Fsp3) is 1.00. The molecule has 0 spiro atoms. The summed E-state index contributed by atoms with van der Waals surface area (Å²) in [6.07, 6.45) is 12.9. The third-order valence-electron chi connectivity index (χ3n) is 4.04. The summed E-state index contributed by atoms with van der Waals surface area (Å²) >= 11 is 3.42. The third-order valence-corrected chi connectivity index (χ3v) is 4.37. The molecule has 0 amide bonds. The normalized spacial score (nSPS) is 18.0. The molecule has 0 unspecified atom stereocenters. The van der Waals surface area contributed by atoms with Crippen LogP contribution < -0.4 is 0 Å². The van der Waals surface area contributed by atoms with E-state index >= 15 is 0 Å². The Labute approximate surface area is 128 Å². The van der Waals surface area contributed by atoms with Gasteiger partial charge in [-0.25, -0.2) is 0 Å². The molecule has 1 aliphatic rings. The summed E-state index contributed by atoms with van der Waals surface area (Å²) in [5, 5.41) is 0.964. The van der Waals surface area contributed by atoms with Crippen LogP contribution in [0.5, 0.6) is 0 Å². The highest BCUT2D eigenvalue weighted by molar-refractivity contribution is 9.09. The van der Waals surface area contributed by atoms with E-state index in [2.05, 4.69) is 27.8 Å². The molecule has 0 aromatic carbocycles. The van der Waals surface area contributed by atoms with E-state index in [1.54, 1.807) is 0 Å². The number of alkyl halides is 1. The number of ether oxygens (including phenoxy) is 1. The molecule has 1 aliphatic heterocycles. The fourth-order valence-electron chi connectivity index (χ4n) is 2.80. The monoisotopic (exact) mass is 333 g/mol. The Morgan fingerprint density at radius 3 is 2.26 bits per heavy atom. The lowest BCUT2D eigenvalue weighted by molar-refractivity contribution is 0.0156. The molecule has 19 heavy (non-hydrogen) atoms. The standard InChI is InChI=1S/C16H32BrNO/c1-2-3-4-5-6-7-8-12-18-13-9-16(10-14-18)19-15-11-17/h16H,2-15H2,1H3. The van der Waals surface area contributed by atoms with Gasteiger partial charge in [0.15, 0.2) is 0 Å². The van der Waals surface area contributed by atoms with Gasteiger partial charge in [0.25, 0.3) is 0 Å². The van der Waals surface area contributed by atoms with Crippen LogP contribution in [0.15, 0.2) is 0 Å². The second-order valence-corrected chi connectivity index (χ2v) is 6.52. The second-order valence-electron chi connectivity index (χ2n) is 5.72. The SMILES string of the molecule is CCCCCCCCCN1CCC(OCCBr)CC1. The van der Waals surface area contributed by atoms with Gasteiger partial charge in [0.2, 0.25) is 0 Å². The minimum absolute atomic E-state index is 0.517. The van der Waals surface area contributed by atoms with Crippen molar-refractivity contribution in [3.63, 3.8) is 0 Å². The maximum Gasteiger partial charge on any atom is 0.0599 e. The molecule has 2 nitrogen and oxygen atoms in total. The zero-order valence-corrected chi connectivity index (χ0v) is 14.3. The molecule has 0 bridgehead atoms. The maximum atomic E-state index is 5.79. The van der Waals surface area contributed by atoms with E-state index in [4.69, 9.17) is 4.74 Å². The molecule has 1 heterocycles. The van der Waals surface area contributed by atoms with E-state index < -0.39 is 0 Å². The van der Waals surface area contributed by atoms with Crippen LogP contribution in [-0.4, -0.2) is 42.6 Å². The number of rotatable bonds is 11. The molecular formula is C16H32BrNO. The molecule has 0 aromatic rings. The number of piperidine rings is 1. The quantitative estimate of drug-likeness (QED) is 0.404. The van der Waals surface area contributed by atoms with Gasteiger partial charge in [0, 0.05) is 18.4 Å². The smallest absolute Gasteiger partial charge is 0.0599 e. The summed E-state index contributed by atoms with van der Waals surface area (Å²) in [5.74, 6) is 0. The summed E-state index contributed by atoms with van der Waals surface area (Å²) < 4.78 is 5.79. The van der Waals surface area contributed by atoms with Crippen LogP contribution in [0.4, 0.5) is 0 Å². The Morgan fingerprint density at radius 1 is 1.00 bits per heavy atom. The van der Waals surface area contributed by atoms with Gasteiger partial charge in [-0.3, -0.25) is 0 Å². The molecule has 0 N–H and O–H groups in total. The van der Waals surface area contributed by atoms with Crippen LogP contribution in [0, 0.1) is 0 Å². The first-order chi connectivity index (χ1) is 9.36. The molecule has 3 heteroatoms. The maximum absolute atomic E-state index is 5.79. The van der Waals surface area contributed by atoms with E-state index in [1.807, 2.05) is 0 Å². The van der Waals surface area contributed by atoms with Gasteiger partial charge < -0.3 is 9.64 Å². The topological polar surface area (TPSA) is 12.5 Å². The lowest BCUT2D eigenvalue weighted by atomic mass is 10.1.